The Morgan fingerprint density at radius 3 is 2.78 bits per heavy atom. The first kappa shape index (κ1) is 14.5. The standard InChI is InChI=1S/C14H21NO3/c1-3-17-10-11(2)18-14(16)9-8-12-6-4-5-7-13(12)15/h4-7,11H,3,8-10,15H2,1-2H3. The van der Waals surface area contributed by atoms with Gasteiger partial charge in [-0.15, -0.1) is 0 Å². The highest BCUT2D eigenvalue weighted by molar-refractivity contribution is 5.70. The molecule has 1 rings (SSSR count). The summed E-state index contributed by atoms with van der Waals surface area (Å²) in [4.78, 5) is 11.6. The van der Waals surface area contributed by atoms with Crippen LogP contribution in [0.15, 0.2) is 24.3 Å². The van der Waals surface area contributed by atoms with Gasteiger partial charge in [-0.1, -0.05) is 18.2 Å². The topological polar surface area (TPSA) is 61.5 Å². The fourth-order valence-corrected chi connectivity index (χ4v) is 1.60. The molecule has 2 N–H and O–H groups in total. The second-order valence-electron chi connectivity index (χ2n) is 4.16. The summed E-state index contributed by atoms with van der Waals surface area (Å²) < 4.78 is 10.4. The minimum Gasteiger partial charge on any atom is -0.460 e. The van der Waals surface area contributed by atoms with Crippen molar-refractivity contribution < 1.29 is 14.3 Å². The van der Waals surface area contributed by atoms with E-state index in [0.29, 0.717) is 31.7 Å². The number of hydrogen-bond acceptors (Lipinski definition) is 4. The molecule has 0 aliphatic heterocycles. The van der Waals surface area contributed by atoms with Crippen LogP contribution in [0.3, 0.4) is 0 Å². The number of aryl methyl sites for hydroxylation is 1. The molecule has 100 valence electrons. The van der Waals surface area contributed by atoms with Crippen LogP contribution in [0.4, 0.5) is 5.69 Å². The summed E-state index contributed by atoms with van der Waals surface area (Å²) in [7, 11) is 0. The van der Waals surface area contributed by atoms with Crippen LogP contribution in [0.5, 0.6) is 0 Å². The van der Waals surface area contributed by atoms with Gasteiger partial charge in [0, 0.05) is 18.7 Å². The van der Waals surface area contributed by atoms with Crippen LogP contribution in [0.2, 0.25) is 0 Å². The molecule has 18 heavy (non-hydrogen) atoms. The van der Waals surface area contributed by atoms with Gasteiger partial charge >= 0.3 is 5.97 Å². The Labute approximate surface area is 108 Å². The van der Waals surface area contributed by atoms with Crippen molar-refractivity contribution in [3.8, 4) is 0 Å². The Bertz CT molecular complexity index is 379. The Morgan fingerprint density at radius 2 is 2.11 bits per heavy atom. The third-order valence-corrected chi connectivity index (χ3v) is 2.54. The highest BCUT2D eigenvalue weighted by Gasteiger charge is 2.10. The van der Waals surface area contributed by atoms with Crippen LogP contribution in [0.25, 0.3) is 0 Å². The normalized spacial score (nSPS) is 12.1. The molecule has 0 amide bonds. The number of para-hydroxylation sites is 1. The molecule has 0 fully saturated rings. The number of esters is 1. The minimum atomic E-state index is -0.217. The monoisotopic (exact) mass is 251 g/mol. The van der Waals surface area contributed by atoms with Gasteiger partial charge in [0.05, 0.1) is 6.61 Å². The van der Waals surface area contributed by atoms with E-state index in [1.165, 1.54) is 0 Å². The second kappa shape index (κ2) is 7.71. The molecule has 0 radical (unpaired) electrons. The van der Waals surface area contributed by atoms with Crippen molar-refractivity contribution in [1.82, 2.24) is 0 Å². The van der Waals surface area contributed by atoms with Crippen molar-refractivity contribution in [1.29, 1.82) is 0 Å². The molecule has 1 aromatic rings. The SMILES string of the molecule is CCOCC(C)OC(=O)CCc1ccccc1N. The number of benzene rings is 1. The van der Waals surface area contributed by atoms with Gasteiger partial charge in [-0.2, -0.15) is 0 Å². The first-order valence-electron chi connectivity index (χ1n) is 6.24. The van der Waals surface area contributed by atoms with Crippen LogP contribution in [-0.4, -0.2) is 25.3 Å². The summed E-state index contributed by atoms with van der Waals surface area (Å²) in [5.74, 6) is -0.217. The van der Waals surface area contributed by atoms with E-state index in [-0.39, 0.29) is 12.1 Å². The Morgan fingerprint density at radius 1 is 1.39 bits per heavy atom. The Hall–Kier alpha value is -1.55. The smallest absolute Gasteiger partial charge is 0.306 e. The summed E-state index contributed by atoms with van der Waals surface area (Å²) in [6, 6.07) is 7.54. The summed E-state index contributed by atoms with van der Waals surface area (Å²) in [6.07, 6.45) is 0.739. The maximum atomic E-state index is 11.6. The Kier molecular flexibility index (Phi) is 6.22. The number of carbonyl (C=O) groups excluding carboxylic acids is 1. The van der Waals surface area contributed by atoms with Gasteiger partial charge in [0.1, 0.15) is 6.10 Å². The average Bonchev–Trinajstić information content (AvgIpc) is 2.35. The summed E-state index contributed by atoms with van der Waals surface area (Å²) in [6.45, 7) is 4.80. The van der Waals surface area contributed by atoms with E-state index in [4.69, 9.17) is 15.2 Å². The average molecular weight is 251 g/mol. The third-order valence-electron chi connectivity index (χ3n) is 2.54. The first-order chi connectivity index (χ1) is 8.63. The zero-order chi connectivity index (χ0) is 13.4. The van der Waals surface area contributed by atoms with Gasteiger partial charge in [0.25, 0.3) is 0 Å². The van der Waals surface area contributed by atoms with Crippen LogP contribution in [0.1, 0.15) is 25.8 Å². The Balaban J connectivity index is 2.31. The summed E-state index contributed by atoms with van der Waals surface area (Å²) in [5, 5.41) is 0. The van der Waals surface area contributed by atoms with E-state index in [0.717, 1.165) is 5.56 Å². The van der Waals surface area contributed by atoms with Crippen molar-refractivity contribution in [3.63, 3.8) is 0 Å². The van der Waals surface area contributed by atoms with Crippen molar-refractivity contribution in [2.45, 2.75) is 32.8 Å². The van der Waals surface area contributed by atoms with Gasteiger partial charge in [-0.05, 0) is 31.9 Å². The number of anilines is 1. The molecule has 0 saturated heterocycles. The zero-order valence-electron chi connectivity index (χ0n) is 11.0. The lowest BCUT2D eigenvalue weighted by Crippen LogP contribution is -2.20. The number of carbonyl (C=O) groups is 1. The molecule has 0 saturated carbocycles. The van der Waals surface area contributed by atoms with Crippen molar-refractivity contribution in [2.75, 3.05) is 18.9 Å². The fraction of sp³-hybridized carbons (Fsp3) is 0.500. The number of rotatable bonds is 7. The molecule has 1 unspecified atom stereocenters. The molecular formula is C14H21NO3. The van der Waals surface area contributed by atoms with Gasteiger partial charge in [0.2, 0.25) is 0 Å². The molecule has 0 aromatic heterocycles. The quantitative estimate of drug-likeness (QED) is 0.596. The van der Waals surface area contributed by atoms with Crippen LogP contribution < -0.4 is 5.73 Å². The number of ether oxygens (including phenoxy) is 2. The van der Waals surface area contributed by atoms with Crippen LogP contribution in [0, 0.1) is 0 Å². The molecule has 1 aromatic carbocycles. The summed E-state index contributed by atoms with van der Waals surface area (Å²) in [5.41, 5.74) is 7.50. The largest absolute Gasteiger partial charge is 0.460 e. The fourth-order valence-electron chi connectivity index (χ4n) is 1.60. The first-order valence-corrected chi connectivity index (χ1v) is 6.24. The van der Waals surface area contributed by atoms with E-state index >= 15 is 0 Å². The minimum absolute atomic E-state index is 0.203. The molecule has 0 spiro atoms. The van der Waals surface area contributed by atoms with Crippen LogP contribution >= 0.6 is 0 Å². The lowest BCUT2D eigenvalue weighted by molar-refractivity contribution is -0.150. The van der Waals surface area contributed by atoms with E-state index in [9.17, 15) is 4.79 Å². The number of nitrogens with two attached hydrogens (primary N) is 1. The molecule has 0 heterocycles. The molecule has 0 bridgehead atoms. The van der Waals surface area contributed by atoms with Gasteiger partial charge in [-0.25, -0.2) is 0 Å². The summed E-state index contributed by atoms with van der Waals surface area (Å²) >= 11 is 0. The van der Waals surface area contributed by atoms with Crippen molar-refractivity contribution in [3.05, 3.63) is 29.8 Å². The number of nitrogen functional groups attached to an aromatic ring is 1. The molecule has 0 aliphatic carbocycles. The lowest BCUT2D eigenvalue weighted by Gasteiger charge is -2.13. The number of hydrogen-bond donors (Lipinski definition) is 1. The van der Waals surface area contributed by atoms with Crippen LogP contribution in [-0.2, 0) is 20.7 Å². The third kappa shape index (κ3) is 5.19. The molecule has 4 heteroatoms. The molecular weight excluding hydrogens is 230 g/mol. The highest BCUT2D eigenvalue weighted by atomic mass is 16.6. The maximum absolute atomic E-state index is 11.6. The van der Waals surface area contributed by atoms with E-state index in [1.54, 1.807) is 0 Å². The zero-order valence-corrected chi connectivity index (χ0v) is 11.0. The van der Waals surface area contributed by atoms with E-state index < -0.39 is 0 Å². The lowest BCUT2D eigenvalue weighted by atomic mass is 10.1. The van der Waals surface area contributed by atoms with E-state index in [1.807, 2.05) is 38.1 Å². The predicted molar refractivity (Wildman–Crippen MR) is 71.2 cm³/mol. The maximum Gasteiger partial charge on any atom is 0.306 e. The van der Waals surface area contributed by atoms with Gasteiger partial charge in [0.15, 0.2) is 0 Å². The highest BCUT2D eigenvalue weighted by Crippen LogP contribution is 2.13. The molecule has 1 atom stereocenters. The van der Waals surface area contributed by atoms with Gasteiger partial charge in [-0.3, -0.25) is 4.79 Å². The second-order valence-corrected chi connectivity index (χ2v) is 4.16. The van der Waals surface area contributed by atoms with Crippen molar-refractivity contribution in [2.24, 2.45) is 0 Å². The van der Waals surface area contributed by atoms with Crippen molar-refractivity contribution >= 4 is 11.7 Å². The van der Waals surface area contributed by atoms with E-state index in [2.05, 4.69) is 0 Å². The molecule has 0 aliphatic rings. The van der Waals surface area contributed by atoms with Gasteiger partial charge < -0.3 is 15.2 Å². The predicted octanol–water partition coefficient (Wildman–Crippen LogP) is 2.17. The molecule has 4 nitrogen and oxygen atoms in total.